The van der Waals surface area contributed by atoms with Crippen LogP contribution >= 0.6 is 15.9 Å². The van der Waals surface area contributed by atoms with Gasteiger partial charge in [-0.15, -0.1) is 0 Å². The smallest absolute Gasteiger partial charge is 0.230 e. The molecule has 0 radical (unpaired) electrons. The number of nitrogens with one attached hydrogen (secondary N) is 2. The van der Waals surface area contributed by atoms with Crippen molar-refractivity contribution in [2.75, 3.05) is 5.32 Å². The topological polar surface area (TPSA) is 105 Å². The van der Waals surface area contributed by atoms with Gasteiger partial charge in [-0.25, -0.2) is 4.98 Å². The molecule has 1 aliphatic rings. The number of nitriles is 2. The molecule has 1 aliphatic carbocycles. The predicted octanol–water partition coefficient (Wildman–Crippen LogP) is 2.66. The van der Waals surface area contributed by atoms with E-state index < -0.39 is 0 Å². The van der Waals surface area contributed by atoms with E-state index in [4.69, 9.17) is 10.5 Å². The molecular formula is C15H10BrN5O. The summed E-state index contributed by atoms with van der Waals surface area (Å²) < 4.78 is 0.986. The van der Waals surface area contributed by atoms with Gasteiger partial charge in [0.1, 0.15) is 12.1 Å². The number of anilines is 1. The normalized spacial score (nSPS) is 19.0. The second-order valence-electron chi connectivity index (χ2n) is 5.03. The van der Waals surface area contributed by atoms with Crippen LogP contribution < -0.4 is 5.32 Å². The quantitative estimate of drug-likeness (QED) is 0.882. The number of hydrogen-bond acceptors (Lipinski definition) is 4. The Kier molecular flexibility index (Phi) is 3.66. The Hall–Kier alpha value is -2.64. The van der Waals surface area contributed by atoms with Crippen LogP contribution in [0.2, 0.25) is 0 Å². The van der Waals surface area contributed by atoms with E-state index in [-0.39, 0.29) is 35.1 Å². The number of rotatable bonds is 3. The molecule has 2 aromatic rings. The van der Waals surface area contributed by atoms with Crippen LogP contribution in [-0.2, 0) is 4.79 Å². The van der Waals surface area contributed by atoms with Crippen LogP contribution in [0, 0.1) is 28.6 Å². The Labute approximate surface area is 134 Å². The number of H-pyrrole nitrogens is 1. The molecule has 0 spiro atoms. The third-order valence-corrected chi connectivity index (χ3v) is 4.06. The van der Waals surface area contributed by atoms with Gasteiger partial charge >= 0.3 is 0 Å². The fourth-order valence-electron chi connectivity index (χ4n) is 2.39. The van der Waals surface area contributed by atoms with Crippen molar-refractivity contribution in [3.8, 4) is 12.1 Å². The minimum atomic E-state index is -0.160. The van der Waals surface area contributed by atoms with Crippen molar-refractivity contribution in [2.45, 2.75) is 12.3 Å². The lowest BCUT2D eigenvalue weighted by molar-refractivity contribution is -0.117. The van der Waals surface area contributed by atoms with Gasteiger partial charge in [-0.2, -0.15) is 10.5 Å². The Morgan fingerprint density at radius 2 is 2.23 bits per heavy atom. The van der Waals surface area contributed by atoms with Crippen molar-refractivity contribution in [1.29, 1.82) is 10.5 Å². The van der Waals surface area contributed by atoms with Crippen LogP contribution in [0.15, 0.2) is 28.7 Å². The van der Waals surface area contributed by atoms with Gasteiger partial charge in [-0.3, -0.25) is 10.1 Å². The first-order valence-electron chi connectivity index (χ1n) is 6.59. The van der Waals surface area contributed by atoms with Crippen LogP contribution in [0.3, 0.4) is 0 Å². The minimum absolute atomic E-state index is 0.0165. The first kappa shape index (κ1) is 14.3. The summed E-state index contributed by atoms with van der Waals surface area (Å²) in [7, 11) is 0. The number of carbonyl (C=O) groups is 1. The molecule has 0 saturated heterocycles. The summed E-state index contributed by atoms with van der Waals surface area (Å²) in [5.74, 6) is 0.0551. The second kappa shape index (κ2) is 5.63. The maximum Gasteiger partial charge on any atom is 0.230 e. The molecule has 3 rings (SSSR count). The van der Waals surface area contributed by atoms with E-state index in [0.717, 1.165) is 16.5 Å². The van der Waals surface area contributed by atoms with Gasteiger partial charge < -0.3 is 4.98 Å². The molecule has 2 atom stereocenters. The molecule has 1 amide bonds. The maximum atomic E-state index is 12.2. The summed E-state index contributed by atoms with van der Waals surface area (Å²) in [5.41, 5.74) is 1.15. The van der Waals surface area contributed by atoms with E-state index >= 15 is 0 Å². The standard InChI is InChI=1S/C15H10BrN5O/c16-9-3-1-2-8(4-9)10-5-11(10)14(22)21-15-19-12(6-17)13(7-18)20-15/h1-4,10-11H,5H2,(H2,19,20,21,22)/t10-,11-/m0/s1. The van der Waals surface area contributed by atoms with Gasteiger partial charge in [-0.1, -0.05) is 28.1 Å². The number of nitrogens with zero attached hydrogens (tertiary/aromatic N) is 3. The molecule has 2 N–H and O–H groups in total. The Balaban J connectivity index is 1.68. The van der Waals surface area contributed by atoms with Gasteiger partial charge in [0.25, 0.3) is 0 Å². The summed E-state index contributed by atoms with van der Waals surface area (Å²) in [6, 6.07) is 11.5. The summed E-state index contributed by atoms with van der Waals surface area (Å²) in [6.07, 6.45) is 0.777. The van der Waals surface area contributed by atoms with Gasteiger partial charge in [0.05, 0.1) is 0 Å². The minimum Gasteiger partial charge on any atom is -0.314 e. The average molecular weight is 356 g/mol. The molecule has 0 bridgehead atoms. The Bertz CT molecular complexity index is 798. The van der Waals surface area contributed by atoms with Gasteiger partial charge in [0, 0.05) is 10.4 Å². The molecule has 1 saturated carbocycles. The summed E-state index contributed by atoms with van der Waals surface area (Å²) >= 11 is 3.42. The van der Waals surface area contributed by atoms with Crippen LogP contribution in [0.1, 0.15) is 29.3 Å². The van der Waals surface area contributed by atoms with E-state index in [1.54, 1.807) is 6.07 Å². The molecule has 0 unspecified atom stereocenters. The molecule has 7 heteroatoms. The number of aromatic nitrogens is 2. The van der Waals surface area contributed by atoms with Crippen LogP contribution in [0.25, 0.3) is 0 Å². The van der Waals surface area contributed by atoms with E-state index in [1.807, 2.05) is 30.3 Å². The summed E-state index contributed by atoms with van der Waals surface area (Å²) in [4.78, 5) is 18.7. The largest absolute Gasteiger partial charge is 0.314 e. The van der Waals surface area contributed by atoms with Crippen molar-refractivity contribution < 1.29 is 4.79 Å². The highest BCUT2D eigenvalue weighted by molar-refractivity contribution is 9.10. The summed E-state index contributed by atoms with van der Waals surface area (Å²) in [5, 5.41) is 20.3. The molecule has 1 aromatic heterocycles. The van der Waals surface area contributed by atoms with Crippen molar-refractivity contribution in [1.82, 2.24) is 9.97 Å². The van der Waals surface area contributed by atoms with Gasteiger partial charge in [0.15, 0.2) is 11.4 Å². The molecule has 0 aliphatic heterocycles. The average Bonchev–Trinajstić information content (AvgIpc) is 3.22. The third kappa shape index (κ3) is 2.72. The van der Waals surface area contributed by atoms with E-state index in [9.17, 15) is 4.79 Å². The fraction of sp³-hybridized carbons (Fsp3) is 0.200. The van der Waals surface area contributed by atoms with Gasteiger partial charge in [0.2, 0.25) is 11.9 Å². The maximum absolute atomic E-state index is 12.2. The van der Waals surface area contributed by atoms with Crippen molar-refractivity contribution in [3.05, 3.63) is 45.7 Å². The first-order valence-corrected chi connectivity index (χ1v) is 7.38. The number of carbonyl (C=O) groups excluding carboxylic acids is 1. The number of aromatic amines is 1. The molecule has 1 aromatic carbocycles. The van der Waals surface area contributed by atoms with Crippen molar-refractivity contribution in [3.63, 3.8) is 0 Å². The molecule has 22 heavy (non-hydrogen) atoms. The lowest BCUT2D eigenvalue weighted by atomic mass is 10.1. The zero-order chi connectivity index (χ0) is 15.7. The predicted molar refractivity (Wildman–Crippen MR) is 81.6 cm³/mol. The number of hydrogen-bond donors (Lipinski definition) is 2. The first-order chi connectivity index (χ1) is 10.6. The lowest BCUT2D eigenvalue weighted by Gasteiger charge is -2.02. The number of amides is 1. The molecule has 1 heterocycles. The zero-order valence-electron chi connectivity index (χ0n) is 11.3. The Morgan fingerprint density at radius 3 is 2.86 bits per heavy atom. The molecule has 6 nitrogen and oxygen atoms in total. The van der Waals surface area contributed by atoms with Crippen LogP contribution in [-0.4, -0.2) is 15.9 Å². The second-order valence-corrected chi connectivity index (χ2v) is 5.94. The van der Waals surface area contributed by atoms with Crippen LogP contribution in [0.5, 0.6) is 0 Å². The monoisotopic (exact) mass is 355 g/mol. The Morgan fingerprint density at radius 1 is 1.41 bits per heavy atom. The highest BCUT2D eigenvalue weighted by Gasteiger charge is 2.44. The molecular weight excluding hydrogens is 346 g/mol. The third-order valence-electron chi connectivity index (χ3n) is 3.57. The van der Waals surface area contributed by atoms with E-state index in [2.05, 4.69) is 31.2 Å². The van der Waals surface area contributed by atoms with E-state index in [0.29, 0.717) is 0 Å². The van der Waals surface area contributed by atoms with Gasteiger partial charge in [-0.05, 0) is 30.0 Å². The van der Waals surface area contributed by atoms with Crippen molar-refractivity contribution >= 4 is 27.8 Å². The zero-order valence-corrected chi connectivity index (χ0v) is 12.9. The van der Waals surface area contributed by atoms with Crippen LogP contribution in [0.4, 0.5) is 5.95 Å². The highest BCUT2D eigenvalue weighted by Crippen LogP contribution is 2.48. The fourth-order valence-corrected chi connectivity index (χ4v) is 2.81. The number of benzene rings is 1. The summed E-state index contributed by atoms with van der Waals surface area (Å²) in [6.45, 7) is 0. The lowest BCUT2D eigenvalue weighted by Crippen LogP contribution is -2.15. The SMILES string of the molecule is N#Cc1nc(NC(=O)[C@H]2C[C@H]2c2cccc(Br)c2)[nH]c1C#N. The number of halogens is 1. The molecule has 108 valence electrons. The number of imidazole rings is 1. The molecule has 1 fully saturated rings. The highest BCUT2D eigenvalue weighted by atomic mass is 79.9. The van der Waals surface area contributed by atoms with E-state index in [1.165, 1.54) is 0 Å². The van der Waals surface area contributed by atoms with Crippen molar-refractivity contribution in [2.24, 2.45) is 5.92 Å².